The molecule has 1 heterocycles. The van der Waals surface area contributed by atoms with Crippen molar-refractivity contribution in [3.63, 3.8) is 0 Å². The van der Waals surface area contributed by atoms with E-state index in [0.717, 1.165) is 5.56 Å². The average molecular weight is 359 g/mol. The van der Waals surface area contributed by atoms with Crippen molar-refractivity contribution in [2.75, 3.05) is 0 Å². The highest BCUT2D eigenvalue weighted by molar-refractivity contribution is 9.10. The SMILES string of the molecule is O=[N+]([O-])c1cccc2c(OCc3ccccc3)ncc(Br)c12. The summed E-state index contributed by atoms with van der Waals surface area (Å²) in [6.45, 7) is 0.354. The van der Waals surface area contributed by atoms with Gasteiger partial charge in [-0.1, -0.05) is 36.4 Å². The summed E-state index contributed by atoms with van der Waals surface area (Å²) in [5, 5.41) is 12.3. The van der Waals surface area contributed by atoms with Crippen molar-refractivity contribution >= 4 is 32.4 Å². The van der Waals surface area contributed by atoms with Crippen LogP contribution in [0.1, 0.15) is 5.56 Å². The van der Waals surface area contributed by atoms with E-state index in [1.165, 1.54) is 12.3 Å². The molecule has 0 saturated carbocycles. The zero-order valence-electron chi connectivity index (χ0n) is 11.4. The molecule has 2 aromatic carbocycles. The molecule has 0 aliphatic rings. The number of ether oxygens (including phenoxy) is 1. The maximum atomic E-state index is 11.2. The number of benzene rings is 2. The first-order valence-electron chi connectivity index (χ1n) is 6.55. The molecular formula is C16H11BrN2O3. The third-order valence-corrected chi connectivity index (χ3v) is 3.82. The van der Waals surface area contributed by atoms with Gasteiger partial charge in [0.2, 0.25) is 5.88 Å². The molecule has 0 N–H and O–H groups in total. The number of nitro groups is 1. The van der Waals surface area contributed by atoms with Crippen LogP contribution in [-0.2, 0) is 6.61 Å². The first-order valence-corrected chi connectivity index (χ1v) is 7.34. The minimum atomic E-state index is -0.409. The number of aromatic nitrogens is 1. The Bertz CT molecular complexity index is 837. The van der Waals surface area contributed by atoms with Crippen molar-refractivity contribution in [2.24, 2.45) is 0 Å². The Labute approximate surface area is 134 Å². The van der Waals surface area contributed by atoms with Gasteiger partial charge in [-0.15, -0.1) is 0 Å². The molecule has 22 heavy (non-hydrogen) atoms. The number of pyridine rings is 1. The summed E-state index contributed by atoms with van der Waals surface area (Å²) in [7, 11) is 0. The molecule has 0 fully saturated rings. The highest BCUT2D eigenvalue weighted by atomic mass is 79.9. The van der Waals surface area contributed by atoms with Gasteiger partial charge in [0.25, 0.3) is 5.69 Å². The van der Waals surface area contributed by atoms with Gasteiger partial charge in [-0.3, -0.25) is 10.1 Å². The first kappa shape index (κ1) is 14.5. The molecule has 3 aromatic rings. The molecule has 0 amide bonds. The fraction of sp³-hybridized carbons (Fsp3) is 0.0625. The van der Waals surface area contributed by atoms with Crippen molar-refractivity contribution in [1.82, 2.24) is 4.98 Å². The smallest absolute Gasteiger partial charge is 0.278 e. The molecule has 6 heteroatoms. The van der Waals surface area contributed by atoms with Crippen LogP contribution in [0.4, 0.5) is 5.69 Å². The summed E-state index contributed by atoms with van der Waals surface area (Å²) in [6, 6.07) is 14.5. The highest BCUT2D eigenvalue weighted by Crippen LogP contribution is 2.36. The second-order valence-electron chi connectivity index (χ2n) is 4.64. The van der Waals surface area contributed by atoms with E-state index < -0.39 is 4.92 Å². The quantitative estimate of drug-likeness (QED) is 0.509. The van der Waals surface area contributed by atoms with Crippen LogP contribution in [0.5, 0.6) is 5.88 Å². The van der Waals surface area contributed by atoms with E-state index in [4.69, 9.17) is 4.74 Å². The number of non-ortho nitro benzene ring substituents is 1. The number of halogens is 1. The lowest BCUT2D eigenvalue weighted by atomic mass is 10.1. The Balaban J connectivity index is 2.02. The van der Waals surface area contributed by atoms with Crippen molar-refractivity contribution in [3.05, 3.63) is 74.9 Å². The van der Waals surface area contributed by atoms with Crippen LogP contribution in [-0.4, -0.2) is 9.91 Å². The van der Waals surface area contributed by atoms with Gasteiger partial charge < -0.3 is 4.74 Å². The minimum absolute atomic E-state index is 0.0244. The second kappa shape index (κ2) is 6.11. The Morgan fingerprint density at radius 2 is 1.91 bits per heavy atom. The third-order valence-electron chi connectivity index (χ3n) is 3.22. The van der Waals surface area contributed by atoms with Gasteiger partial charge in [-0.2, -0.15) is 0 Å². The summed E-state index contributed by atoms with van der Waals surface area (Å²) in [5.74, 6) is 0.380. The maximum absolute atomic E-state index is 11.2. The number of fused-ring (bicyclic) bond motifs is 1. The Morgan fingerprint density at radius 1 is 1.14 bits per heavy atom. The van der Waals surface area contributed by atoms with Gasteiger partial charge in [0.1, 0.15) is 6.61 Å². The van der Waals surface area contributed by atoms with Gasteiger partial charge in [0, 0.05) is 12.3 Å². The van der Waals surface area contributed by atoms with E-state index in [1.807, 2.05) is 30.3 Å². The van der Waals surface area contributed by atoms with Crippen LogP contribution in [0.3, 0.4) is 0 Å². The average Bonchev–Trinajstić information content (AvgIpc) is 2.55. The molecule has 1 aromatic heterocycles. The molecule has 0 aliphatic carbocycles. The maximum Gasteiger partial charge on any atom is 0.278 e. The third kappa shape index (κ3) is 2.78. The molecule has 0 atom stereocenters. The van der Waals surface area contributed by atoms with Crippen LogP contribution in [0.2, 0.25) is 0 Å². The highest BCUT2D eigenvalue weighted by Gasteiger charge is 2.17. The Morgan fingerprint density at radius 3 is 2.64 bits per heavy atom. The summed E-state index contributed by atoms with van der Waals surface area (Å²) >= 11 is 3.32. The van der Waals surface area contributed by atoms with E-state index in [-0.39, 0.29) is 5.69 Å². The first-order chi connectivity index (χ1) is 10.7. The van der Waals surface area contributed by atoms with E-state index in [9.17, 15) is 10.1 Å². The topological polar surface area (TPSA) is 65.3 Å². The lowest BCUT2D eigenvalue weighted by Crippen LogP contribution is -1.99. The van der Waals surface area contributed by atoms with Gasteiger partial charge in [0.05, 0.1) is 20.2 Å². The normalized spacial score (nSPS) is 10.6. The molecule has 0 radical (unpaired) electrons. The molecule has 0 saturated heterocycles. The molecule has 0 spiro atoms. The van der Waals surface area contributed by atoms with Crippen LogP contribution >= 0.6 is 15.9 Å². The standard InChI is InChI=1S/C16H11BrN2O3/c17-13-9-18-16(22-10-11-5-2-1-3-6-11)12-7-4-8-14(15(12)13)19(20)21/h1-9H,10H2. The van der Waals surface area contributed by atoms with Crippen LogP contribution in [0.25, 0.3) is 10.8 Å². The molecule has 3 rings (SSSR count). The van der Waals surface area contributed by atoms with Gasteiger partial charge in [-0.05, 0) is 27.6 Å². The van der Waals surface area contributed by atoms with Gasteiger partial charge in [0.15, 0.2) is 0 Å². The summed E-state index contributed by atoms with van der Waals surface area (Å²) in [4.78, 5) is 15.0. The van der Waals surface area contributed by atoms with Gasteiger partial charge in [-0.25, -0.2) is 4.98 Å². The van der Waals surface area contributed by atoms with Crippen LogP contribution in [0.15, 0.2) is 59.2 Å². The van der Waals surface area contributed by atoms with E-state index >= 15 is 0 Å². The van der Waals surface area contributed by atoms with E-state index in [1.54, 1.807) is 12.1 Å². The van der Waals surface area contributed by atoms with Crippen molar-refractivity contribution in [3.8, 4) is 5.88 Å². The van der Waals surface area contributed by atoms with Crippen LogP contribution < -0.4 is 4.74 Å². The number of nitro benzene ring substituents is 1. The number of nitrogens with zero attached hydrogens (tertiary/aromatic N) is 2. The number of rotatable bonds is 4. The monoisotopic (exact) mass is 358 g/mol. The largest absolute Gasteiger partial charge is 0.472 e. The molecule has 5 nitrogen and oxygen atoms in total. The van der Waals surface area contributed by atoms with E-state index in [2.05, 4.69) is 20.9 Å². The number of hydrogen-bond donors (Lipinski definition) is 0. The molecular weight excluding hydrogens is 348 g/mol. The predicted octanol–water partition coefficient (Wildman–Crippen LogP) is 4.48. The van der Waals surface area contributed by atoms with Crippen molar-refractivity contribution in [2.45, 2.75) is 6.61 Å². The number of hydrogen-bond acceptors (Lipinski definition) is 4. The summed E-state index contributed by atoms with van der Waals surface area (Å²) in [5.41, 5.74) is 1.03. The van der Waals surface area contributed by atoms with Crippen molar-refractivity contribution < 1.29 is 9.66 Å². The fourth-order valence-corrected chi connectivity index (χ4v) is 2.73. The molecule has 110 valence electrons. The lowest BCUT2D eigenvalue weighted by molar-refractivity contribution is -0.383. The molecule has 0 unspecified atom stereocenters. The molecule has 0 bridgehead atoms. The lowest BCUT2D eigenvalue weighted by Gasteiger charge is -2.09. The molecule has 0 aliphatic heterocycles. The predicted molar refractivity (Wildman–Crippen MR) is 86.9 cm³/mol. The van der Waals surface area contributed by atoms with Crippen molar-refractivity contribution in [1.29, 1.82) is 0 Å². The Kier molecular flexibility index (Phi) is 4.02. The fourth-order valence-electron chi connectivity index (χ4n) is 2.21. The second-order valence-corrected chi connectivity index (χ2v) is 5.50. The zero-order valence-corrected chi connectivity index (χ0v) is 13.0. The minimum Gasteiger partial charge on any atom is -0.472 e. The summed E-state index contributed by atoms with van der Waals surface area (Å²) < 4.78 is 6.31. The zero-order chi connectivity index (χ0) is 15.5. The van der Waals surface area contributed by atoms with E-state index in [0.29, 0.717) is 27.7 Å². The summed E-state index contributed by atoms with van der Waals surface area (Å²) in [6.07, 6.45) is 1.52. The Hall–Kier alpha value is -2.47. The van der Waals surface area contributed by atoms with Crippen LogP contribution in [0, 0.1) is 10.1 Å². The van der Waals surface area contributed by atoms with Gasteiger partial charge >= 0.3 is 0 Å².